The van der Waals surface area contributed by atoms with Gasteiger partial charge >= 0.3 is 0 Å². The van der Waals surface area contributed by atoms with E-state index < -0.39 is 0 Å². The summed E-state index contributed by atoms with van der Waals surface area (Å²) in [5.74, 6) is 8.55. The molecule has 0 saturated heterocycles. The molecule has 0 amide bonds. The topological polar surface area (TPSA) is 0 Å². The SMILES string of the molecule is CCCCCCCCCCC#CCCC(CCCCC)C(C)C. The molecule has 0 heterocycles. The zero-order valence-corrected chi connectivity index (χ0v) is 16.8. The maximum absolute atomic E-state index is 3.43. The summed E-state index contributed by atoms with van der Waals surface area (Å²) in [6, 6.07) is 0. The Kier molecular flexibility index (Phi) is 17.6. The molecule has 0 aromatic heterocycles. The summed E-state index contributed by atoms with van der Waals surface area (Å²) in [5, 5.41) is 0. The van der Waals surface area contributed by atoms with Crippen molar-refractivity contribution in [2.75, 3.05) is 0 Å². The fourth-order valence-electron chi connectivity index (χ4n) is 3.25. The van der Waals surface area contributed by atoms with Crippen molar-refractivity contribution in [3.63, 3.8) is 0 Å². The zero-order valence-electron chi connectivity index (χ0n) is 16.8. The molecule has 1 unspecified atom stereocenters. The molecule has 0 N–H and O–H groups in total. The lowest BCUT2D eigenvalue weighted by molar-refractivity contribution is 0.329. The van der Waals surface area contributed by atoms with E-state index >= 15 is 0 Å². The maximum Gasteiger partial charge on any atom is 0.00914 e. The molecular weight excluding hydrogens is 276 g/mol. The van der Waals surface area contributed by atoms with Gasteiger partial charge in [0.15, 0.2) is 0 Å². The van der Waals surface area contributed by atoms with E-state index in [1.54, 1.807) is 0 Å². The minimum Gasteiger partial charge on any atom is -0.103 e. The van der Waals surface area contributed by atoms with Crippen LogP contribution in [-0.2, 0) is 0 Å². The summed E-state index contributed by atoms with van der Waals surface area (Å²) >= 11 is 0. The summed E-state index contributed by atoms with van der Waals surface area (Å²) in [5.41, 5.74) is 0. The predicted molar refractivity (Wildman–Crippen MR) is 107 cm³/mol. The zero-order chi connectivity index (χ0) is 17.2. The highest BCUT2D eigenvalue weighted by Gasteiger charge is 2.11. The number of hydrogen-bond donors (Lipinski definition) is 0. The van der Waals surface area contributed by atoms with Crippen molar-refractivity contribution < 1.29 is 0 Å². The van der Waals surface area contributed by atoms with E-state index in [4.69, 9.17) is 0 Å². The van der Waals surface area contributed by atoms with Gasteiger partial charge in [-0.1, -0.05) is 98.3 Å². The van der Waals surface area contributed by atoms with Crippen LogP contribution in [0.25, 0.3) is 0 Å². The molecule has 136 valence electrons. The van der Waals surface area contributed by atoms with Crippen LogP contribution in [0.2, 0.25) is 0 Å². The van der Waals surface area contributed by atoms with Crippen LogP contribution in [0.15, 0.2) is 0 Å². The van der Waals surface area contributed by atoms with Crippen molar-refractivity contribution in [3.8, 4) is 11.8 Å². The predicted octanol–water partition coefficient (Wildman–Crippen LogP) is 8.15. The smallest absolute Gasteiger partial charge is 0.00914 e. The molecule has 0 radical (unpaired) electrons. The molecule has 0 aliphatic rings. The molecule has 0 aliphatic carbocycles. The van der Waals surface area contributed by atoms with Crippen molar-refractivity contribution in [1.29, 1.82) is 0 Å². The summed E-state index contributed by atoms with van der Waals surface area (Å²) in [6.07, 6.45) is 20.3. The van der Waals surface area contributed by atoms with Crippen molar-refractivity contribution in [2.45, 2.75) is 124 Å². The number of unbranched alkanes of at least 4 members (excludes halogenated alkanes) is 10. The highest BCUT2D eigenvalue weighted by molar-refractivity contribution is 4.98. The van der Waals surface area contributed by atoms with Gasteiger partial charge in [-0.25, -0.2) is 0 Å². The van der Waals surface area contributed by atoms with Gasteiger partial charge in [-0.2, -0.15) is 0 Å². The van der Waals surface area contributed by atoms with E-state index in [0.29, 0.717) is 0 Å². The molecule has 0 aromatic rings. The minimum atomic E-state index is 0.821. The molecule has 0 aliphatic heterocycles. The third-order valence-electron chi connectivity index (χ3n) is 5.04. The van der Waals surface area contributed by atoms with E-state index in [0.717, 1.165) is 24.7 Å². The first-order valence-electron chi connectivity index (χ1n) is 10.7. The summed E-state index contributed by atoms with van der Waals surface area (Å²) < 4.78 is 0. The standard InChI is InChI=1S/C23H44/c1-5-7-9-10-11-12-13-14-15-16-17-19-21-23(22(3)4)20-18-8-6-2/h22-23H,5-15,18-21H2,1-4H3. The van der Waals surface area contributed by atoms with Crippen LogP contribution in [0.3, 0.4) is 0 Å². The van der Waals surface area contributed by atoms with Crippen LogP contribution in [-0.4, -0.2) is 0 Å². The molecule has 0 saturated carbocycles. The van der Waals surface area contributed by atoms with Crippen LogP contribution in [0, 0.1) is 23.7 Å². The average molecular weight is 321 g/mol. The molecular formula is C23H44. The second-order valence-corrected chi connectivity index (χ2v) is 7.62. The molecule has 0 bridgehead atoms. The summed E-state index contributed by atoms with van der Waals surface area (Å²) in [7, 11) is 0. The van der Waals surface area contributed by atoms with Crippen LogP contribution in [0.1, 0.15) is 124 Å². The lowest BCUT2D eigenvalue weighted by atomic mass is 9.86. The third kappa shape index (κ3) is 16.2. The largest absolute Gasteiger partial charge is 0.103 e. The molecule has 0 fully saturated rings. The first-order chi connectivity index (χ1) is 11.2. The van der Waals surface area contributed by atoms with Gasteiger partial charge in [0, 0.05) is 12.8 Å². The Morgan fingerprint density at radius 3 is 1.70 bits per heavy atom. The Morgan fingerprint density at radius 2 is 1.09 bits per heavy atom. The van der Waals surface area contributed by atoms with Gasteiger partial charge in [-0.3, -0.25) is 0 Å². The van der Waals surface area contributed by atoms with Crippen molar-refractivity contribution >= 4 is 0 Å². The Hall–Kier alpha value is -0.440. The van der Waals surface area contributed by atoms with Crippen molar-refractivity contribution in [3.05, 3.63) is 0 Å². The lowest BCUT2D eigenvalue weighted by Gasteiger charge is -2.19. The first-order valence-corrected chi connectivity index (χ1v) is 10.7. The highest BCUT2D eigenvalue weighted by atomic mass is 14.2. The first kappa shape index (κ1) is 22.6. The molecule has 23 heavy (non-hydrogen) atoms. The molecule has 0 aromatic carbocycles. The highest BCUT2D eigenvalue weighted by Crippen LogP contribution is 2.23. The van der Waals surface area contributed by atoms with Crippen molar-refractivity contribution in [1.82, 2.24) is 0 Å². The summed E-state index contributed by atoms with van der Waals surface area (Å²) in [6.45, 7) is 9.34. The van der Waals surface area contributed by atoms with Gasteiger partial charge in [0.25, 0.3) is 0 Å². The maximum atomic E-state index is 3.43. The Bertz CT molecular complexity index is 278. The van der Waals surface area contributed by atoms with E-state index in [1.165, 1.54) is 83.5 Å². The van der Waals surface area contributed by atoms with Gasteiger partial charge in [-0.05, 0) is 24.7 Å². The minimum absolute atomic E-state index is 0.821. The summed E-state index contributed by atoms with van der Waals surface area (Å²) in [4.78, 5) is 0. The molecule has 0 rings (SSSR count). The Labute approximate surface area is 148 Å². The fourth-order valence-corrected chi connectivity index (χ4v) is 3.25. The molecule has 0 heteroatoms. The van der Waals surface area contributed by atoms with Crippen LogP contribution >= 0.6 is 0 Å². The molecule has 1 atom stereocenters. The van der Waals surface area contributed by atoms with Gasteiger partial charge in [-0.15, -0.1) is 11.8 Å². The Balaban J connectivity index is 3.51. The lowest BCUT2D eigenvalue weighted by Crippen LogP contribution is -2.08. The Morgan fingerprint density at radius 1 is 0.565 bits per heavy atom. The number of hydrogen-bond acceptors (Lipinski definition) is 0. The van der Waals surface area contributed by atoms with Crippen LogP contribution < -0.4 is 0 Å². The monoisotopic (exact) mass is 320 g/mol. The van der Waals surface area contributed by atoms with Gasteiger partial charge in [0.1, 0.15) is 0 Å². The second-order valence-electron chi connectivity index (χ2n) is 7.62. The van der Waals surface area contributed by atoms with Crippen LogP contribution in [0.4, 0.5) is 0 Å². The second kappa shape index (κ2) is 17.9. The van der Waals surface area contributed by atoms with Gasteiger partial charge in [0.2, 0.25) is 0 Å². The van der Waals surface area contributed by atoms with Crippen LogP contribution in [0.5, 0.6) is 0 Å². The molecule has 0 spiro atoms. The van der Waals surface area contributed by atoms with Crippen molar-refractivity contribution in [2.24, 2.45) is 11.8 Å². The average Bonchev–Trinajstić information content (AvgIpc) is 2.54. The van der Waals surface area contributed by atoms with Gasteiger partial charge in [0.05, 0.1) is 0 Å². The number of rotatable bonds is 15. The molecule has 0 nitrogen and oxygen atoms in total. The van der Waals surface area contributed by atoms with E-state index in [1.807, 2.05) is 0 Å². The normalized spacial score (nSPS) is 12.2. The van der Waals surface area contributed by atoms with Gasteiger partial charge < -0.3 is 0 Å². The quantitative estimate of drug-likeness (QED) is 0.211. The van der Waals surface area contributed by atoms with E-state index in [9.17, 15) is 0 Å². The fraction of sp³-hybridized carbons (Fsp3) is 0.913. The van der Waals surface area contributed by atoms with E-state index in [2.05, 4.69) is 39.5 Å². The third-order valence-corrected chi connectivity index (χ3v) is 5.04. The van der Waals surface area contributed by atoms with E-state index in [-0.39, 0.29) is 0 Å².